The number of aliphatic imine (C=N–C) groups is 1. The van der Waals surface area contributed by atoms with Crippen LogP contribution in [0, 0.1) is 0 Å². The summed E-state index contributed by atoms with van der Waals surface area (Å²) in [4.78, 5) is 14.9. The van der Waals surface area contributed by atoms with Gasteiger partial charge in [0.25, 0.3) is 5.24 Å². The number of nitrogens with zero attached hydrogens (tertiary/aromatic N) is 1. The molecule has 0 spiro atoms. The number of amidine groups is 1. The Balaban J connectivity index is 2.05. The van der Waals surface area contributed by atoms with Gasteiger partial charge < -0.3 is 10.4 Å². The van der Waals surface area contributed by atoms with E-state index in [9.17, 15) is 18.7 Å². The van der Waals surface area contributed by atoms with Gasteiger partial charge in [0.1, 0.15) is 5.84 Å². The van der Waals surface area contributed by atoms with Gasteiger partial charge in [0, 0.05) is 12.8 Å². The van der Waals surface area contributed by atoms with Crippen molar-refractivity contribution in [1.29, 1.82) is 0 Å². The molecule has 7 heteroatoms. The molecule has 2 N–H and O–H groups in total. The van der Waals surface area contributed by atoms with E-state index >= 15 is 0 Å². The third kappa shape index (κ3) is 2.70. The van der Waals surface area contributed by atoms with E-state index < -0.39 is 24.5 Å². The summed E-state index contributed by atoms with van der Waals surface area (Å²) in [5.41, 5.74) is 0. The lowest BCUT2D eigenvalue weighted by Crippen LogP contribution is -2.40. The minimum absolute atomic E-state index is 0.0511. The number of halogens is 2. The maximum Gasteiger partial charge on any atom is 0.284 e. The highest BCUT2D eigenvalue weighted by Crippen LogP contribution is 2.35. The van der Waals surface area contributed by atoms with Crippen LogP contribution >= 0.6 is 11.8 Å². The molecular weight excluding hydrogens is 238 g/mol. The van der Waals surface area contributed by atoms with Crippen LogP contribution in [0.5, 0.6) is 0 Å². The molecule has 0 aromatic carbocycles. The van der Waals surface area contributed by atoms with E-state index in [1.54, 1.807) is 0 Å². The Labute approximate surface area is 95.5 Å². The lowest BCUT2D eigenvalue weighted by molar-refractivity contribution is -0.0716. The molecular formula is C9H12F2N2O2S. The topological polar surface area (TPSA) is 61.7 Å². The van der Waals surface area contributed by atoms with Gasteiger partial charge in [-0.15, -0.1) is 0 Å². The number of hydrogen-bond donors (Lipinski definition) is 2. The fourth-order valence-corrected chi connectivity index (χ4v) is 2.43. The van der Waals surface area contributed by atoms with Gasteiger partial charge in [-0.2, -0.15) is 0 Å². The number of carbonyl (C=O) groups is 1. The summed E-state index contributed by atoms with van der Waals surface area (Å²) in [5, 5.41) is 11.8. The van der Waals surface area contributed by atoms with Gasteiger partial charge >= 0.3 is 0 Å². The van der Waals surface area contributed by atoms with Crippen molar-refractivity contribution in [2.75, 3.05) is 5.75 Å². The second-order valence-electron chi connectivity index (χ2n) is 4.01. The van der Waals surface area contributed by atoms with Crippen LogP contribution < -0.4 is 5.32 Å². The van der Waals surface area contributed by atoms with E-state index in [4.69, 9.17) is 0 Å². The molecule has 1 amide bonds. The maximum atomic E-state index is 13.1. The van der Waals surface area contributed by atoms with Crippen molar-refractivity contribution < 1.29 is 18.7 Å². The number of amides is 1. The predicted molar refractivity (Wildman–Crippen MR) is 57.0 cm³/mol. The van der Waals surface area contributed by atoms with E-state index in [-0.39, 0.29) is 18.1 Å². The van der Waals surface area contributed by atoms with Crippen molar-refractivity contribution in [3.63, 3.8) is 0 Å². The highest BCUT2D eigenvalue weighted by Gasteiger charge is 2.41. The Bertz CT molecular complexity index is 335. The van der Waals surface area contributed by atoms with E-state index in [1.165, 1.54) is 0 Å². The van der Waals surface area contributed by atoms with E-state index in [0.717, 1.165) is 11.8 Å². The Morgan fingerprint density at radius 1 is 1.56 bits per heavy atom. The highest BCUT2D eigenvalue weighted by molar-refractivity contribution is 8.14. The third-order valence-corrected chi connectivity index (χ3v) is 3.45. The summed E-state index contributed by atoms with van der Waals surface area (Å²) in [6, 6.07) is -0.808. The fraction of sp³-hybridized carbons (Fsp3) is 0.778. The minimum atomic E-state index is -2.76. The smallest absolute Gasteiger partial charge is 0.284 e. The van der Waals surface area contributed by atoms with Gasteiger partial charge in [0.15, 0.2) is 0 Å². The molecule has 1 saturated heterocycles. The molecule has 16 heavy (non-hydrogen) atoms. The zero-order chi connectivity index (χ0) is 11.8. The molecule has 4 nitrogen and oxygen atoms in total. The van der Waals surface area contributed by atoms with Crippen LogP contribution in [0.25, 0.3) is 0 Å². The Morgan fingerprint density at radius 3 is 2.94 bits per heavy atom. The van der Waals surface area contributed by atoms with Crippen molar-refractivity contribution >= 4 is 22.8 Å². The monoisotopic (exact) mass is 250 g/mol. The molecule has 2 rings (SSSR count). The first-order chi connectivity index (χ1) is 7.46. The lowest BCUT2D eigenvalue weighted by Gasteiger charge is -2.30. The maximum absolute atomic E-state index is 13.1. The molecule has 0 aromatic heterocycles. The molecule has 0 radical (unpaired) electrons. The van der Waals surface area contributed by atoms with Gasteiger partial charge in [-0.05, 0) is 6.42 Å². The summed E-state index contributed by atoms with van der Waals surface area (Å²) in [5.74, 6) is -2.01. The first kappa shape index (κ1) is 11.8. The number of alkyl halides is 2. The average molecular weight is 250 g/mol. The van der Waals surface area contributed by atoms with Crippen molar-refractivity contribution in [1.82, 2.24) is 5.32 Å². The highest BCUT2D eigenvalue weighted by atomic mass is 32.2. The van der Waals surface area contributed by atoms with E-state index in [2.05, 4.69) is 10.3 Å². The molecule has 2 aliphatic rings. The van der Waals surface area contributed by atoms with E-state index in [1.807, 2.05) is 0 Å². The Kier molecular flexibility index (Phi) is 3.16. The molecule has 2 atom stereocenters. The predicted octanol–water partition coefficient (Wildman–Crippen LogP) is 1.39. The zero-order valence-corrected chi connectivity index (χ0v) is 9.27. The van der Waals surface area contributed by atoms with Crippen molar-refractivity contribution in [3.8, 4) is 0 Å². The molecule has 2 fully saturated rings. The second kappa shape index (κ2) is 4.29. The number of rotatable bonds is 1. The summed E-state index contributed by atoms with van der Waals surface area (Å²) in [7, 11) is 0. The summed E-state index contributed by atoms with van der Waals surface area (Å²) < 4.78 is 26.2. The number of thioether (sulfide) groups is 1. The van der Waals surface area contributed by atoms with Gasteiger partial charge in [-0.3, -0.25) is 9.79 Å². The number of hydrogen-bond acceptors (Lipinski definition) is 4. The first-order valence-corrected chi connectivity index (χ1v) is 6.01. The second-order valence-corrected chi connectivity index (χ2v) is 4.96. The van der Waals surface area contributed by atoms with Crippen molar-refractivity contribution in [3.05, 3.63) is 0 Å². The largest absolute Gasteiger partial charge is 0.391 e. The number of aliphatic hydroxyl groups is 1. The summed E-state index contributed by atoms with van der Waals surface area (Å²) >= 11 is 1.05. The lowest BCUT2D eigenvalue weighted by atomic mass is 9.90. The average Bonchev–Trinajstić information content (AvgIpc) is 2.58. The third-order valence-electron chi connectivity index (χ3n) is 2.67. The van der Waals surface area contributed by atoms with Gasteiger partial charge in [0.2, 0.25) is 5.92 Å². The van der Waals surface area contributed by atoms with Crippen LogP contribution in [-0.4, -0.2) is 40.0 Å². The quantitative estimate of drug-likeness (QED) is 0.739. The fourth-order valence-electron chi connectivity index (χ4n) is 1.82. The molecule has 1 heterocycles. The molecule has 2 unspecified atom stereocenters. The minimum Gasteiger partial charge on any atom is -0.391 e. The first-order valence-electron chi connectivity index (χ1n) is 5.03. The normalized spacial score (nSPS) is 36.4. The van der Waals surface area contributed by atoms with Crippen LogP contribution in [0.2, 0.25) is 0 Å². The zero-order valence-electron chi connectivity index (χ0n) is 8.45. The van der Waals surface area contributed by atoms with Gasteiger partial charge in [-0.1, -0.05) is 11.8 Å². The number of carbonyl (C=O) groups excluding carboxylic acids is 1. The molecule has 90 valence electrons. The van der Waals surface area contributed by atoms with E-state index in [0.29, 0.717) is 11.6 Å². The van der Waals surface area contributed by atoms with Crippen LogP contribution in [0.15, 0.2) is 4.99 Å². The van der Waals surface area contributed by atoms with Crippen LogP contribution in [0.4, 0.5) is 13.6 Å². The molecule has 1 saturated carbocycles. The Hall–Kier alpha value is -0.690. The van der Waals surface area contributed by atoms with Crippen molar-refractivity contribution in [2.45, 2.75) is 37.3 Å². The van der Waals surface area contributed by atoms with Crippen LogP contribution in [-0.2, 0) is 0 Å². The number of aliphatic hydroxyl groups excluding tert-OH is 1. The summed E-state index contributed by atoms with van der Waals surface area (Å²) in [6.45, 7) is 0. The standard InChI is InChI=1S/C9H12F2N2O2S/c10-9(11)2-1-6(14)5(3-9)12-7-4-16-8(15)13-7/h5-6,14H,1-4H2,(H,12,13,15). The van der Waals surface area contributed by atoms with Crippen molar-refractivity contribution in [2.24, 2.45) is 4.99 Å². The van der Waals surface area contributed by atoms with Gasteiger partial charge in [0.05, 0.1) is 17.9 Å². The van der Waals surface area contributed by atoms with Crippen LogP contribution in [0.3, 0.4) is 0 Å². The molecule has 1 aliphatic heterocycles. The molecule has 1 aliphatic carbocycles. The number of nitrogens with one attached hydrogen (secondary N) is 1. The summed E-state index contributed by atoms with van der Waals surface area (Å²) in [6.07, 6.45) is -1.53. The van der Waals surface area contributed by atoms with Gasteiger partial charge in [-0.25, -0.2) is 8.78 Å². The SMILES string of the molecule is O=C1NC(=NC2CC(F)(F)CCC2O)CS1. The Morgan fingerprint density at radius 2 is 2.31 bits per heavy atom. The molecule has 0 aromatic rings. The van der Waals surface area contributed by atoms with Crippen LogP contribution in [0.1, 0.15) is 19.3 Å². The molecule has 0 bridgehead atoms.